The maximum Gasteiger partial charge on any atom is 0.325 e. The Bertz CT molecular complexity index is 765. The molecule has 7 heteroatoms. The van der Waals surface area contributed by atoms with E-state index in [0.29, 0.717) is 36.1 Å². The van der Waals surface area contributed by atoms with Crippen LogP contribution in [0.3, 0.4) is 0 Å². The van der Waals surface area contributed by atoms with Gasteiger partial charge in [-0.05, 0) is 37.1 Å². The van der Waals surface area contributed by atoms with E-state index in [4.69, 9.17) is 14.2 Å². The average molecular weight is 386 g/mol. The Morgan fingerprint density at radius 2 is 1.54 bits per heavy atom. The smallest absolute Gasteiger partial charge is 0.325 e. The van der Waals surface area contributed by atoms with Gasteiger partial charge in [0.05, 0.1) is 13.2 Å². The van der Waals surface area contributed by atoms with Gasteiger partial charge < -0.3 is 19.5 Å². The van der Waals surface area contributed by atoms with Crippen molar-refractivity contribution in [1.82, 2.24) is 5.32 Å². The van der Waals surface area contributed by atoms with Gasteiger partial charge >= 0.3 is 6.03 Å². The normalized spacial score (nSPS) is 10.1. The van der Waals surface area contributed by atoms with Gasteiger partial charge in [-0.15, -0.1) is 0 Å². The van der Waals surface area contributed by atoms with Crippen LogP contribution in [0, 0.1) is 0 Å². The van der Waals surface area contributed by atoms with E-state index in [1.165, 1.54) is 0 Å². The Balaban J connectivity index is 1.89. The van der Waals surface area contributed by atoms with E-state index in [9.17, 15) is 9.59 Å². The van der Waals surface area contributed by atoms with Crippen LogP contribution >= 0.6 is 0 Å². The van der Waals surface area contributed by atoms with Crippen LogP contribution in [0.2, 0.25) is 0 Å². The second kappa shape index (κ2) is 11.5. The highest BCUT2D eigenvalue weighted by atomic mass is 16.5. The molecule has 0 heterocycles. The molecule has 150 valence electrons. The monoisotopic (exact) mass is 386 g/mol. The predicted molar refractivity (Wildman–Crippen MR) is 107 cm³/mol. The molecule has 0 saturated heterocycles. The number of imide groups is 1. The van der Waals surface area contributed by atoms with Crippen LogP contribution in [0.15, 0.2) is 48.5 Å². The summed E-state index contributed by atoms with van der Waals surface area (Å²) in [7, 11) is 0. The second-order valence-corrected chi connectivity index (χ2v) is 5.96. The SMILES string of the molecule is CCCOc1ccc(NC(=O)NC(=O)COc2ccccc2)cc1OCCC. The first kappa shape index (κ1) is 21.1. The maximum atomic E-state index is 12.0. The number of anilines is 1. The summed E-state index contributed by atoms with van der Waals surface area (Å²) in [4.78, 5) is 23.9. The topological polar surface area (TPSA) is 85.9 Å². The van der Waals surface area contributed by atoms with Crippen molar-refractivity contribution in [2.24, 2.45) is 0 Å². The Hall–Kier alpha value is -3.22. The molecule has 2 aromatic carbocycles. The molecule has 0 aromatic heterocycles. The third-order valence-corrected chi connectivity index (χ3v) is 3.49. The summed E-state index contributed by atoms with van der Waals surface area (Å²) < 4.78 is 16.7. The Morgan fingerprint density at radius 1 is 0.857 bits per heavy atom. The number of rotatable bonds is 10. The summed E-state index contributed by atoms with van der Waals surface area (Å²) in [5.41, 5.74) is 0.490. The van der Waals surface area contributed by atoms with Gasteiger partial charge in [0.25, 0.3) is 5.91 Å². The van der Waals surface area contributed by atoms with E-state index in [1.807, 2.05) is 19.9 Å². The van der Waals surface area contributed by atoms with Crippen LogP contribution in [0.25, 0.3) is 0 Å². The Morgan fingerprint density at radius 3 is 2.21 bits per heavy atom. The summed E-state index contributed by atoms with van der Waals surface area (Å²) in [5.74, 6) is 1.17. The van der Waals surface area contributed by atoms with E-state index >= 15 is 0 Å². The van der Waals surface area contributed by atoms with Gasteiger partial charge in [0.15, 0.2) is 18.1 Å². The number of ether oxygens (including phenoxy) is 3. The number of amides is 3. The molecule has 2 rings (SSSR count). The summed E-state index contributed by atoms with van der Waals surface area (Å²) >= 11 is 0. The van der Waals surface area contributed by atoms with Crippen LogP contribution in [0.4, 0.5) is 10.5 Å². The zero-order valence-corrected chi connectivity index (χ0v) is 16.2. The number of hydrogen-bond acceptors (Lipinski definition) is 5. The third-order valence-electron chi connectivity index (χ3n) is 3.49. The highest BCUT2D eigenvalue weighted by Gasteiger charge is 2.11. The lowest BCUT2D eigenvalue weighted by Crippen LogP contribution is -2.37. The minimum Gasteiger partial charge on any atom is -0.490 e. The van der Waals surface area contributed by atoms with Crippen molar-refractivity contribution in [1.29, 1.82) is 0 Å². The number of para-hydroxylation sites is 1. The first-order valence-corrected chi connectivity index (χ1v) is 9.30. The van der Waals surface area contributed by atoms with Crippen LogP contribution in [-0.2, 0) is 4.79 Å². The molecule has 0 saturated carbocycles. The summed E-state index contributed by atoms with van der Waals surface area (Å²) in [6.45, 7) is 4.88. The molecule has 0 bridgehead atoms. The molecule has 28 heavy (non-hydrogen) atoms. The molecule has 0 aliphatic rings. The van der Waals surface area contributed by atoms with Crippen LogP contribution < -0.4 is 24.8 Å². The molecular formula is C21H26N2O5. The number of carbonyl (C=O) groups is 2. The number of urea groups is 1. The van der Waals surface area contributed by atoms with Gasteiger partial charge in [0.1, 0.15) is 5.75 Å². The van der Waals surface area contributed by atoms with Crippen molar-refractivity contribution in [3.63, 3.8) is 0 Å². The molecule has 0 fully saturated rings. The molecule has 0 aliphatic heterocycles. The van der Waals surface area contributed by atoms with Gasteiger partial charge in [0.2, 0.25) is 0 Å². The minimum absolute atomic E-state index is 0.258. The first-order chi connectivity index (χ1) is 13.6. The second-order valence-electron chi connectivity index (χ2n) is 5.96. The van der Waals surface area contributed by atoms with Gasteiger partial charge in [-0.25, -0.2) is 4.79 Å². The van der Waals surface area contributed by atoms with Gasteiger partial charge in [-0.2, -0.15) is 0 Å². The molecule has 3 amide bonds. The minimum atomic E-state index is -0.648. The highest BCUT2D eigenvalue weighted by molar-refractivity contribution is 6.01. The molecule has 0 aliphatic carbocycles. The maximum absolute atomic E-state index is 12.0. The molecular weight excluding hydrogens is 360 g/mol. The van der Waals surface area contributed by atoms with Gasteiger partial charge in [-0.1, -0.05) is 32.0 Å². The number of carbonyl (C=O) groups excluding carboxylic acids is 2. The van der Waals surface area contributed by atoms with Crippen molar-refractivity contribution in [2.45, 2.75) is 26.7 Å². The average Bonchev–Trinajstić information content (AvgIpc) is 2.70. The Kier molecular flexibility index (Phi) is 8.65. The van der Waals surface area contributed by atoms with Crippen molar-refractivity contribution >= 4 is 17.6 Å². The fourth-order valence-electron chi connectivity index (χ4n) is 2.23. The molecule has 2 aromatic rings. The fourth-order valence-corrected chi connectivity index (χ4v) is 2.23. The lowest BCUT2D eigenvalue weighted by Gasteiger charge is -2.14. The summed E-state index contributed by atoms with van der Waals surface area (Å²) in [6, 6.07) is 13.3. The fraction of sp³-hybridized carbons (Fsp3) is 0.333. The zero-order valence-electron chi connectivity index (χ0n) is 16.2. The van der Waals surface area contributed by atoms with Crippen molar-refractivity contribution in [2.75, 3.05) is 25.1 Å². The van der Waals surface area contributed by atoms with Crippen molar-refractivity contribution in [3.05, 3.63) is 48.5 Å². The largest absolute Gasteiger partial charge is 0.490 e. The summed E-state index contributed by atoms with van der Waals surface area (Å²) in [5, 5.41) is 4.83. The third kappa shape index (κ3) is 7.19. The predicted octanol–water partition coefficient (Wildman–Crippen LogP) is 3.99. The van der Waals surface area contributed by atoms with Gasteiger partial charge in [0, 0.05) is 11.8 Å². The Labute approximate surface area is 165 Å². The first-order valence-electron chi connectivity index (χ1n) is 9.30. The van der Waals surface area contributed by atoms with Crippen LogP contribution in [0.5, 0.6) is 17.2 Å². The lowest BCUT2D eigenvalue weighted by molar-refractivity contribution is -0.121. The van der Waals surface area contributed by atoms with Crippen LogP contribution in [0.1, 0.15) is 26.7 Å². The molecule has 0 spiro atoms. The molecule has 0 unspecified atom stereocenters. The van der Waals surface area contributed by atoms with E-state index < -0.39 is 11.9 Å². The number of benzene rings is 2. The van der Waals surface area contributed by atoms with E-state index in [-0.39, 0.29) is 6.61 Å². The number of hydrogen-bond donors (Lipinski definition) is 2. The van der Waals surface area contributed by atoms with E-state index in [0.717, 1.165) is 12.8 Å². The highest BCUT2D eigenvalue weighted by Crippen LogP contribution is 2.30. The quantitative estimate of drug-likeness (QED) is 0.645. The molecule has 7 nitrogen and oxygen atoms in total. The lowest BCUT2D eigenvalue weighted by atomic mass is 10.2. The van der Waals surface area contributed by atoms with Crippen LogP contribution in [-0.4, -0.2) is 31.8 Å². The van der Waals surface area contributed by atoms with Crippen molar-refractivity contribution < 1.29 is 23.8 Å². The van der Waals surface area contributed by atoms with Crippen molar-refractivity contribution in [3.8, 4) is 17.2 Å². The van der Waals surface area contributed by atoms with Gasteiger partial charge in [-0.3, -0.25) is 10.1 Å². The van der Waals surface area contributed by atoms with E-state index in [1.54, 1.807) is 42.5 Å². The molecule has 0 radical (unpaired) electrons. The molecule has 2 N–H and O–H groups in total. The molecule has 0 atom stereocenters. The number of nitrogens with one attached hydrogen (secondary N) is 2. The summed E-state index contributed by atoms with van der Waals surface area (Å²) in [6.07, 6.45) is 1.73. The van der Waals surface area contributed by atoms with E-state index in [2.05, 4.69) is 10.6 Å². The zero-order chi connectivity index (χ0) is 20.2. The standard InChI is InChI=1S/C21H26N2O5/c1-3-12-26-18-11-10-16(14-19(18)27-13-4-2)22-21(25)23-20(24)15-28-17-8-6-5-7-9-17/h5-11,14H,3-4,12-13,15H2,1-2H3,(H2,22,23,24,25).